The number of carbonyl (C=O) groups excluding carboxylic acids is 1. The average molecular weight is 350 g/mol. The van der Waals surface area contributed by atoms with Crippen molar-refractivity contribution < 1.29 is 14.7 Å². The van der Waals surface area contributed by atoms with Gasteiger partial charge in [-0.1, -0.05) is 35.9 Å². The number of rotatable bonds is 6. The monoisotopic (exact) mass is 349 g/mol. The molecule has 0 aromatic heterocycles. The molecular weight excluding hydrogens is 334 g/mol. The Morgan fingerprint density at radius 2 is 1.91 bits per heavy atom. The van der Waals surface area contributed by atoms with Crippen molar-refractivity contribution in [3.05, 3.63) is 64.2 Å². The number of hydrogen-bond donors (Lipinski definition) is 2. The summed E-state index contributed by atoms with van der Waals surface area (Å²) in [6.07, 6.45) is 0. The van der Waals surface area contributed by atoms with Crippen molar-refractivity contribution in [3.8, 4) is 0 Å². The van der Waals surface area contributed by atoms with Crippen molar-refractivity contribution in [2.75, 3.05) is 11.1 Å². The van der Waals surface area contributed by atoms with Gasteiger partial charge in [-0.15, -0.1) is 11.8 Å². The normalized spacial score (nSPS) is 10.3. The van der Waals surface area contributed by atoms with Crippen LogP contribution < -0.4 is 5.32 Å². The van der Waals surface area contributed by atoms with Crippen LogP contribution in [0.2, 0.25) is 5.02 Å². The van der Waals surface area contributed by atoms with Crippen molar-refractivity contribution in [1.29, 1.82) is 0 Å². The molecule has 0 aliphatic heterocycles. The zero-order valence-corrected chi connectivity index (χ0v) is 14.1. The molecule has 120 valence electrons. The van der Waals surface area contributed by atoms with Crippen LogP contribution in [0.1, 0.15) is 21.5 Å². The van der Waals surface area contributed by atoms with E-state index in [0.717, 1.165) is 5.56 Å². The molecule has 23 heavy (non-hydrogen) atoms. The Morgan fingerprint density at radius 3 is 2.61 bits per heavy atom. The van der Waals surface area contributed by atoms with E-state index in [1.165, 1.54) is 17.8 Å². The summed E-state index contributed by atoms with van der Waals surface area (Å²) in [5.74, 6) is -0.275. The number of hydrogen-bond acceptors (Lipinski definition) is 3. The van der Waals surface area contributed by atoms with E-state index in [1.54, 1.807) is 19.1 Å². The number of aromatic carboxylic acids is 1. The van der Waals surface area contributed by atoms with Crippen LogP contribution in [0.25, 0.3) is 0 Å². The van der Waals surface area contributed by atoms with Gasteiger partial charge in [0.1, 0.15) is 0 Å². The average Bonchev–Trinajstić information content (AvgIpc) is 2.51. The Balaban J connectivity index is 1.92. The first-order valence-electron chi connectivity index (χ1n) is 6.93. The van der Waals surface area contributed by atoms with Crippen LogP contribution in [0.5, 0.6) is 0 Å². The summed E-state index contributed by atoms with van der Waals surface area (Å²) in [6, 6.07) is 12.3. The largest absolute Gasteiger partial charge is 0.478 e. The third kappa shape index (κ3) is 4.74. The number of nitrogens with one attached hydrogen (secondary N) is 1. The van der Waals surface area contributed by atoms with Crippen LogP contribution in [0.4, 0.5) is 5.69 Å². The lowest BCUT2D eigenvalue weighted by Crippen LogP contribution is -2.16. The van der Waals surface area contributed by atoms with E-state index in [0.29, 0.717) is 22.0 Å². The van der Waals surface area contributed by atoms with E-state index >= 15 is 0 Å². The minimum absolute atomic E-state index is 0.173. The van der Waals surface area contributed by atoms with Gasteiger partial charge in [0.05, 0.1) is 11.3 Å². The Bertz CT molecular complexity index is 734. The van der Waals surface area contributed by atoms with Crippen LogP contribution in [0.15, 0.2) is 42.5 Å². The fraction of sp³-hybridized carbons (Fsp3) is 0.176. The van der Waals surface area contributed by atoms with Gasteiger partial charge in [-0.25, -0.2) is 4.79 Å². The van der Waals surface area contributed by atoms with E-state index in [9.17, 15) is 9.59 Å². The third-order valence-corrected chi connectivity index (χ3v) is 4.64. The van der Waals surface area contributed by atoms with Crippen LogP contribution in [-0.2, 0) is 10.5 Å². The molecule has 0 saturated carbocycles. The van der Waals surface area contributed by atoms with Crippen molar-refractivity contribution in [2.45, 2.75) is 12.7 Å². The number of thioether (sulfide) groups is 1. The molecule has 0 radical (unpaired) electrons. The number of anilines is 1. The number of halogens is 1. The van der Waals surface area contributed by atoms with Gasteiger partial charge in [0, 0.05) is 16.5 Å². The van der Waals surface area contributed by atoms with Gasteiger partial charge in [-0.3, -0.25) is 4.79 Å². The lowest BCUT2D eigenvalue weighted by Gasteiger charge is -2.10. The van der Waals surface area contributed by atoms with Gasteiger partial charge in [0.25, 0.3) is 0 Å². The molecule has 2 aromatic carbocycles. The van der Waals surface area contributed by atoms with Crippen molar-refractivity contribution in [2.24, 2.45) is 0 Å². The van der Waals surface area contributed by atoms with Gasteiger partial charge >= 0.3 is 5.97 Å². The Hall–Kier alpha value is -1.98. The molecule has 0 heterocycles. The molecule has 4 nitrogen and oxygen atoms in total. The molecule has 0 atom stereocenters. The molecule has 2 rings (SSSR count). The van der Waals surface area contributed by atoms with Crippen molar-refractivity contribution >= 4 is 40.9 Å². The fourth-order valence-corrected chi connectivity index (χ4v) is 3.17. The number of amides is 1. The first-order valence-corrected chi connectivity index (χ1v) is 8.46. The highest BCUT2D eigenvalue weighted by Crippen LogP contribution is 2.22. The summed E-state index contributed by atoms with van der Waals surface area (Å²) in [7, 11) is 0. The Kier molecular flexibility index (Phi) is 6.07. The molecular formula is C17H16ClNO3S. The topological polar surface area (TPSA) is 66.4 Å². The summed E-state index contributed by atoms with van der Waals surface area (Å²) in [5, 5.41) is 12.5. The van der Waals surface area contributed by atoms with E-state index in [4.69, 9.17) is 16.7 Å². The quantitative estimate of drug-likeness (QED) is 0.819. The van der Waals surface area contributed by atoms with Gasteiger partial charge in [0.2, 0.25) is 5.91 Å². The molecule has 0 aliphatic carbocycles. The second-order valence-corrected chi connectivity index (χ2v) is 6.31. The van der Waals surface area contributed by atoms with Gasteiger partial charge < -0.3 is 10.4 Å². The van der Waals surface area contributed by atoms with Crippen LogP contribution in [0, 0.1) is 6.92 Å². The van der Waals surface area contributed by atoms with Gasteiger partial charge in [0.15, 0.2) is 0 Å². The van der Waals surface area contributed by atoms with E-state index in [2.05, 4.69) is 5.32 Å². The SMILES string of the molecule is Cc1c(NC(=O)CSCc2ccccc2Cl)cccc1C(=O)O. The Labute approximate surface area is 143 Å². The second-order valence-electron chi connectivity index (χ2n) is 4.92. The predicted molar refractivity (Wildman–Crippen MR) is 94.4 cm³/mol. The molecule has 0 fully saturated rings. The first kappa shape index (κ1) is 17.4. The maximum Gasteiger partial charge on any atom is 0.336 e. The van der Waals surface area contributed by atoms with Crippen molar-refractivity contribution in [1.82, 2.24) is 0 Å². The molecule has 0 aliphatic rings. The highest BCUT2D eigenvalue weighted by atomic mass is 35.5. The molecule has 6 heteroatoms. The summed E-state index contributed by atoms with van der Waals surface area (Å²) >= 11 is 7.52. The minimum atomic E-state index is -1.01. The first-order chi connectivity index (χ1) is 11.0. The van der Waals surface area contributed by atoms with Crippen LogP contribution in [0.3, 0.4) is 0 Å². The summed E-state index contributed by atoms with van der Waals surface area (Å²) in [4.78, 5) is 23.1. The molecule has 0 bridgehead atoms. The molecule has 2 aromatic rings. The number of carboxylic acids is 1. The lowest BCUT2D eigenvalue weighted by atomic mass is 10.1. The molecule has 1 amide bonds. The highest BCUT2D eigenvalue weighted by molar-refractivity contribution is 7.99. The summed E-state index contributed by atoms with van der Waals surface area (Å²) in [5.41, 5.74) is 2.24. The van der Waals surface area contributed by atoms with E-state index < -0.39 is 5.97 Å². The summed E-state index contributed by atoms with van der Waals surface area (Å²) < 4.78 is 0. The molecule has 0 spiro atoms. The standard InChI is InChI=1S/C17H16ClNO3S/c1-11-13(17(21)22)6-4-8-15(11)19-16(20)10-23-9-12-5-2-3-7-14(12)18/h2-8H,9-10H2,1H3,(H,19,20)(H,21,22). The maximum absolute atomic E-state index is 12.0. The second kappa shape index (κ2) is 8.04. The van der Waals surface area contributed by atoms with Crippen LogP contribution >= 0.6 is 23.4 Å². The summed E-state index contributed by atoms with van der Waals surface area (Å²) in [6.45, 7) is 1.68. The van der Waals surface area contributed by atoms with Crippen molar-refractivity contribution in [3.63, 3.8) is 0 Å². The van der Waals surface area contributed by atoms with Gasteiger partial charge in [-0.05, 0) is 36.2 Å². The van der Waals surface area contributed by atoms with E-state index in [1.807, 2.05) is 24.3 Å². The predicted octanol–water partition coefficient (Wildman–Crippen LogP) is 4.22. The number of carboxylic acid groups (broad SMARTS) is 1. The smallest absolute Gasteiger partial charge is 0.336 e. The zero-order chi connectivity index (χ0) is 16.8. The molecule has 0 unspecified atom stereocenters. The third-order valence-electron chi connectivity index (χ3n) is 3.29. The molecule has 0 saturated heterocycles. The zero-order valence-electron chi connectivity index (χ0n) is 12.5. The van der Waals surface area contributed by atoms with Crippen LogP contribution in [-0.4, -0.2) is 22.7 Å². The fourth-order valence-electron chi connectivity index (χ4n) is 2.06. The Morgan fingerprint density at radius 1 is 1.17 bits per heavy atom. The molecule has 2 N–H and O–H groups in total. The number of carbonyl (C=O) groups is 2. The maximum atomic E-state index is 12.0. The lowest BCUT2D eigenvalue weighted by molar-refractivity contribution is -0.113. The van der Waals surface area contributed by atoms with Gasteiger partial charge in [-0.2, -0.15) is 0 Å². The highest BCUT2D eigenvalue weighted by Gasteiger charge is 2.12. The minimum Gasteiger partial charge on any atom is -0.478 e. The van der Waals surface area contributed by atoms with E-state index in [-0.39, 0.29) is 17.2 Å². The number of benzene rings is 2.